The van der Waals surface area contributed by atoms with Crippen LogP contribution in [0.4, 0.5) is 5.69 Å². The van der Waals surface area contributed by atoms with Crippen molar-refractivity contribution in [2.24, 2.45) is 0 Å². The maximum atomic E-state index is 12.6. The third-order valence-electron chi connectivity index (χ3n) is 4.45. The van der Waals surface area contributed by atoms with E-state index in [9.17, 15) is 10.1 Å². The minimum absolute atomic E-state index is 0.0269. The molecule has 0 saturated heterocycles. The molecule has 152 valence electrons. The number of carbonyl (C=O) groups excluding carboxylic acids is 1. The van der Waals surface area contributed by atoms with Crippen molar-refractivity contribution in [2.45, 2.75) is 40.2 Å². The Labute approximate surface area is 176 Å². The van der Waals surface area contributed by atoms with E-state index in [0.717, 1.165) is 17.5 Å². The summed E-state index contributed by atoms with van der Waals surface area (Å²) in [5.41, 5.74) is 3.20. The zero-order valence-electron chi connectivity index (χ0n) is 17.3. The quantitative estimate of drug-likeness (QED) is 0.468. The molecule has 0 bridgehead atoms. The number of hydrogen-bond acceptors (Lipinski definition) is 4. The molecule has 0 aliphatic rings. The van der Waals surface area contributed by atoms with Gasteiger partial charge < -0.3 is 14.8 Å². The molecule has 2 aromatic rings. The monoisotopic (exact) mass is 412 g/mol. The van der Waals surface area contributed by atoms with Gasteiger partial charge in [-0.3, -0.25) is 4.79 Å². The van der Waals surface area contributed by atoms with Crippen molar-refractivity contribution in [1.29, 1.82) is 5.26 Å². The second kappa shape index (κ2) is 9.99. The van der Waals surface area contributed by atoms with E-state index in [1.165, 1.54) is 13.2 Å². The Hall–Kier alpha value is -2.97. The van der Waals surface area contributed by atoms with Crippen LogP contribution in [-0.2, 0) is 4.79 Å². The summed E-state index contributed by atoms with van der Waals surface area (Å²) >= 11 is 6.37. The normalized spacial score (nSPS) is 12.1. The molecule has 5 nitrogen and oxygen atoms in total. The summed E-state index contributed by atoms with van der Waals surface area (Å²) < 4.78 is 11.2. The summed E-state index contributed by atoms with van der Waals surface area (Å²) in [4.78, 5) is 12.6. The highest BCUT2D eigenvalue weighted by atomic mass is 35.5. The number of hydrogen-bond donors (Lipinski definition) is 1. The molecule has 0 radical (unpaired) electrons. The first-order chi connectivity index (χ1) is 13.8. The zero-order valence-corrected chi connectivity index (χ0v) is 18.1. The molecule has 1 atom stereocenters. The molecular formula is C23H25ClN2O3. The van der Waals surface area contributed by atoms with E-state index >= 15 is 0 Å². The van der Waals surface area contributed by atoms with E-state index < -0.39 is 5.91 Å². The van der Waals surface area contributed by atoms with E-state index in [-0.39, 0.29) is 11.7 Å². The van der Waals surface area contributed by atoms with Crippen LogP contribution in [0.1, 0.15) is 37.0 Å². The molecule has 6 heteroatoms. The van der Waals surface area contributed by atoms with Crippen molar-refractivity contribution in [3.8, 4) is 17.6 Å². The molecule has 0 aromatic heterocycles. The predicted octanol–water partition coefficient (Wildman–Crippen LogP) is 5.69. The van der Waals surface area contributed by atoms with Gasteiger partial charge in [0.25, 0.3) is 5.91 Å². The topological polar surface area (TPSA) is 71.3 Å². The summed E-state index contributed by atoms with van der Waals surface area (Å²) in [5, 5.41) is 12.6. The van der Waals surface area contributed by atoms with Crippen molar-refractivity contribution in [3.63, 3.8) is 0 Å². The van der Waals surface area contributed by atoms with Gasteiger partial charge >= 0.3 is 0 Å². The first kappa shape index (κ1) is 22.3. The number of amides is 1. The lowest BCUT2D eigenvalue weighted by Gasteiger charge is -2.17. The highest BCUT2D eigenvalue weighted by Crippen LogP contribution is 2.38. The maximum Gasteiger partial charge on any atom is 0.266 e. The number of nitrogens with zero attached hydrogens (tertiary/aromatic N) is 1. The van der Waals surface area contributed by atoms with Crippen LogP contribution in [0.15, 0.2) is 35.9 Å². The van der Waals surface area contributed by atoms with Crippen LogP contribution >= 0.6 is 11.6 Å². The number of nitrogens with one attached hydrogen (secondary N) is 1. The van der Waals surface area contributed by atoms with Gasteiger partial charge in [0.1, 0.15) is 11.6 Å². The number of benzene rings is 2. The number of aryl methyl sites for hydroxylation is 2. The third kappa shape index (κ3) is 5.75. The first-order valence-corrected chi connectivity index (χ1v) is 9.71. The van der Waals surface area contributed by atoms with Gasteiger partial charge in [-0.05, 0) is 62.6 Å². The second-order valence-electron chi connectivity index (χ2n) is 6.81. The summed E-state index contributed by atoms with van der Waals surface area (Å²) in [7, 11) is 1.51. The second-order valence-corrected chi connectivity index (χ2v) is 7.22. The molecule has 0 aliphatic heterocycles. The van der Waals surface area contributed by atoms with Gasteiger partial charge in [0.2, 0.25) is 0 Å². The molecule has 0 saturated carbocycles. The van der Waals surface area contributed by atoms with Gasteiger partial charge in [-0.25, -0.2) is 0 Å². The van der Waals surface area contributed by atoms with Crippen molar-refractivity contribution in [1.82, 2.24) is 0 Å². The minimum atomic E-state index is -0.491. The average Bonchev–Trinajstić information content (AvgIpc) is 2.69. The Bertz CT molecular complexity index is 977. The van der Waals surface area contributed by atoms with E-state index in [4.69, 9.17) is 21.1 Å². The zero-order chi connectivity index (χ0) is 21.6. The van der Waals surface area contributed by atoms with Gasteiger partial charge in [0, 0.05) is 5.69 Å². The molecule has 1 amide bonds. The van der Waals surface area contributed by atoms with Crippen LogP contribution in [0.25, 0.3) is 6.08 Å². The van der Waals surface area contributed by atoms with Crippen molar-refractivity contribution in [2.75, 3.05) is 12.4 Å². The fourth-order valence-electron chi connectivity index (χ4n) is 2.68. The molecule has 1 N–H and O–H groups in total. The smallest absolute Gasteiger partial charge is 0.266 e. The first-order valence-electron chi connectivity index (χ1n) is 9.33. The fraction of sp³-hybridized carbons (Fsp3) is 0.304. The molecule has 0 aliphatic carbocycles. The summed E-state index contributed by atoms with van der Waals surface area (Å²) in [5.74, 6) is 0.393. The van der Waals surface area contributed by atoms with E-state index in [2.05, 4.69) is 5.32 Å². The molecule has 2 aromatic carbocycles. The van der Waals surface area contributed by atoms with Crippen LogP contribution in [0.2, 0.25) is 5.02 Å². The van der Waals surface area contributed by atoms with Crippen LogP contribution in [-0.4, -0.2) is 19.1 Å². The van der Waals surface area contributed by atoms with Gasteiger partial charge in [0.05, 0.1) is 18.2 Å². The van der Waals surface area contributed by atoms with E-state index in [1.807, 2.05) is 52.0 Å². The third-order valence-corrected chi connectivity index (χ3v) is 4.73. The molecule has 0 spiro atoms. The summed E-state index contributed by atoms with van der Waals surface area (Å²) in [6.45, 7) is 7.83. The molecular weight excluding hydrogens is 388 g/mol. The number of nitriles is 1. The highest BCUT2D eigenvalue weighted by Gasteiger charge is 2.16. The predicted molar refractivity (Wildman–Crippen MR) is 117 cm³/mol. The van der Waals surface area contributed by atoms with Gasteiger partial charge in [-0.2, -0.15) is 5.26 Å². The Morgan fingerprint density at radius 1 is 1.31 bits per heavy atom. The maximum absolute atomic E-state index is 12.6. The summed E-state index contributed by atoms with van der Waals surface area (Å²) in [6.07, 6.45) is 2.26. The highest BCUT2D eigenvalue weighted by molar-refractivity contribution is 6.32. The lowest BCUT2D eigenvalue weighted by atomic mass is 10.1. The van der Waals surface area contributed by atoms with Crippen molar-refractivity contribution in [3.05, 3.63) is 57.6 Å². The SMILES string of the molecule is CCC(C)Oc1c(Cl)cc(C=C(C#N)C(=O)Nc2ccc(C)cc2C)cc1OC. The van der Waals surface area contributed by atoms with Gasteiger partial charge in [0.15, 0.2) is 11.5 Å². The minimum Gasteiger partial charge on any atom is -0.493 e. The van der Waals surface area contributed by atoms with Crippen molar-refractivity contribution < 1.29 is 14.3 Å². The number of rotatable bonds is 7. The van der Waals surface area contributed by atoms with Crippen molar-refractivity contribution >= 4 is 29.3 Å². The van der Waals surface area contributed by atoms with Crippen LogP contribution in [0.5, 0.6) is 11.5 Å². The van der Waals surface area contributed by atoms with Crippen LogP contribution in [0, 0.1) is 25.2 Å². The number of anilines is 1. The number of ether oxygens (including phenoxy) is 2. The Kier molecular flexibility index (Phi) is 7.69. The number of carbonyl (C=O) groups is 1. The average molecular weight is 413 g/mol. The van der Waals surface area contributed by atoms with Crippen LogP contribution in [0.3, 0.4) is 0 Å². The van der Waals surface area contributed by atoms with Gasteiger partial charge in [-0.15, -0.1) is 0 Å². The molecule has 0 fully saturated rings. The lowest BCUT2D eigenvalue weighted by molar-refractivity contribution is -0.112. The van der Waals surface area contributed by atoms with Crippen LogP contribution < -0.4 is 14.8 Å². The standard InChI is InChI=1S/C23H25ClN2O3/c1-6-16(4)29-22-19(24)11-17(12-21(22)28-5)10-18(13-25)23(27)26-20-8-7-14(2)9-15(20)3/h7-12,16H,6H2,1-5H3,(H,26,27). The number of halogens is 1. The van der Waals surface area contributed by atoms with E-state index in [1.54, 1.807) is 12.1 Å². The number of methoxy groups -OCH3 is 1. The van der Waals surface area contributed by atoms with E-state index in [0.29, 0.717) is 27.8 Å². The molecule has 2 rings (SSSR count). The van der Waals surface area contributed by atoms with Gasteiger partial charge in [-0.1, -0.05) is 36.2 Å². The Morgan fingerprint density at radius 3 is 2.62 bits per heavy atom. The largest absolute Gasteiger partial charge is 0.493 e. The Morgan fingerprint density at radius 2 is 2.03 bits per heavy atom. The lowest BCUT2D eigenvalue weighted by Crippen LogP contribution is -2.14. The molecule has 1 unspecified atom stereocenters. The summed E-state index contributed by atoms with van der Waals surface area (Å²) in [6, 6.07) is 11.0. The fourth-order valence-corrected chi connectivity index (χ4v) is 2.94. The molecule has 29 heavy (non-hydrogen) atoms. The molecule has 0 heterocycles. The Balaban J connectivity index is 2.33.